The summed E-state index contributed by atoms with van der Waals surface area (Å²) in [5.41, 5.74) is 5.57. The first kappa shape index (κ1) is 11.3. The van der Waals surface area contributed by atoms with Gasteiger partial charge in [-0.1, -0.05) is 6.92 Å². The molecule has 0 aliphatic heterocycles. The van der Waals surface area contributed by atoms with Crippen molar-refractivity contribution in [2.75, 3.05) is 13.2 Å². The molecule has 11 heavy (non-hydrogen) atoms. The van der Waals surface area contributed by atoms with Crippen LogP contribution in [0.4, 0.5) is 0 Å². The number of hydrogen-bond donors (Lipinski definition) is 2. The van der Waals surface area contributed by atoms with Gasteiger partial charge in [0.25, 0.3) is 0 Å². The van der Waals surface area contributed by atoms with Crippen molar-refractivity contribution >= 4 is 11.8 Å². The minimum absolute atomic E-state index is 0.147. The SMILES string of the molecule is CC(CCO)SC(C)(C)CN. The van der Waals surface area contributed by atoms with Gasteiger partial charge in [0.05, 0.1) is 0 Å². The molecule has 0 rings (SSSR count). The van der Waals surface area contributed by atoms with E-state index in [2.05, 4.69) is 20.8 Å². The van der Waals surface area contributed by atoms with Crippen molar-refractivity contribution < 1.29 is 5.11 Å². The van der Waals surface area contributed by atoms with Gasteiger partial charge < -0.3 is 10.8 Å². The summed E-state index contributed by atoms with van der Waals surface area (Å²) in [5, 5.41) is 9.16. The summed E-state index contributed by atoms with van der Waals surface area (Å²) in [6, 6.07) is 0. The van der Waals surface area contributed by atoms with E-state index >= 15 is 0 Å². The number of aliphatic hydroxyl groups excluding tert-OH is 1. The molecular weight excluding hydrogens is 158 g/mol. The van der Waals surface area contributed by atoms with Gasteiger partial charge in [-0.05, 0) is 20.3 Å². The van der Waals surface area contributed by atoms with Crippen molar-refractivity contribution in [1.82, 2.24) is 0 Å². The van der Waals surface area contributed by atoms with Crippen LogP contribution in [0.5, 0.6) is 0 Å². The molecule has 3 heteroatoms. The lowest BCUT2D eigenvalue weighted by Gasteiger charge is -2.25. The summed E-state index contributed by atoms with van der Waals surface area (Å²) in [4.78, 5) is 0. The maximum Gasteiger partial charge on any atom is 0.0441 e. The smallest absolute Gasteiger partial charge is 0.0441 e. The van der Waals surface area contributed by atoms with E-state index in [1.807, 2.05) is 11.8 Å². The van der Waals surface area contributed by atoms with Gasteiger partial charge in [0.1, 0.15) is 0 Å². The summed E-state index contributed by atoms with van der Waals surface area (Å²) < 4.78 is 0.147. The predicted octanol–water partition coefficient (Wildman–Crippen LogP) is 1.23. The zero-order valence-electron chi connectivity index (χ0n) is 7.63. The first-order valence-corrected chi connectivity index (χ1v) is 4.88. The van der Waals surface area contributed by atoms with Crippen LogP contribution in [0.25, 0.3) is 0 Å². The van der Waals surface area contributed by atoms with Gasteiger partial charge in [-0.25, -0.2) is 0 Å². The normalized spacial score (nSPS) is 15.0. The van der Waals surface area contributed by atoms with E-state index in [0.29, 0.717) is 11.8 Å². The van der Waals surface area contributed by atoms with Crippen molar-refractivity contribution in [2.45, 2.75) is 37.2 Å². The van der Waals surface area contributed by atoms with Crippen LogP contribution in [0, 0.1) is 0 Å². The zero-order chi connectivity index (χ0) is 8.91. The Morgan fingerprint density at radius 1 is 1.55 bits per heavy atom. The van der Waals surface area contributed by atoms with Crippen molar-refractivity contribution in [3.63, 3.8) is 0 Å². The molecule has 2 nitrogen and oxygen atoms in total. The Bertz CT molecular complexity index is 106. The van der Waals surface area contributed by atoms with E-state index in [9.17, 15) is 0 Å². The third kappa shape index (κ3) is 5.53. The number of hydrogen-bond acceptors (Lipinski definition) is 3. The highest BCUT2D eigenvalue weighted by molar-refractivity contribution is 8.01. The Labute approximate surface area is 73.6 Å². The Kier molecular flexibility index (Phi) is 5.13. The molecular formula is C8H19NOS. The maximum absolute atomic E-state index is 8.66. The third-order valence-corrected chi connectivity index (χ3v) is 2.99. The highest BCUT2D eigenvalue weighted by Gasteiger charge is 2.19. The fraction of sp³-hybridized carbons (Fsp3) is 1.00. The number of thioether (sulfide) groups is 1. The lowest BCUT2D eigenvalue weighted by molar-refractivity contribution is 0.288. The van der Waals surface area contributed by atoms with Crippen LogP contribution in [-0.2, 0) is 0 Å². The molecule has 1 unspecified atom stereocenters. The monoisotopic (exact) mass is 177 g/mol. The second-order valence-electron chi connectivity index (χ2n) is 3.40. The molecule has 0 aliphatic rings. The van der Waals surface area contributed by atoms with E-state index < -0.39 is 0 Å². The van der Waals surface area contributed by atoms with Gasteiger partial charge in [-0.3, -0.25) is 0 Å². The molecule has 68 valence electrons. The Balaban J connectivity index is 3.64. The molecule has 0 aromatic rings. The average Bonchev–Trinajstić information content (AvgIpc) is 1.87. The summed E-state index contributed by atoms with van der Waals surface area (Å²) in [7, 11) is 0. The first-order valence-electron chi connectivity index (χ1n) is 4.00. The Morgan fingerprint density at radius 3 is 2.45 bits per heavy atom. The molecule has 0 aromatic heterocycles. The highest BCUT2D eigenvalue weighted by Crippen LogP contribution is 2.28. The molecule has 0 radical (unpaired) electrons. The van der Waals surface area contributed by atoms with Gasteiger partial charge in [-0.15, -0.1) is 0 Å². The molecule has 0 saturated heterocycles. The maximum atomic E-state index is 8.66. The van der Waals surface area contributed by atoms with Gasteiger partial charge in [0.2, 0.25) is 0 Å². The quantitative estimate of drug-likeness (QED) is 0.664. The lowest BCUT2D eigenvalue weighted by Crippen LogP contribution is -2.29. The van der Waals surface area contributed by atoms with Crippen LogP contribution in [0.2, 0.25) is 0 Å². The lowest BCUT2D eigenvalue weighted by atomic mass is 10.2. The van der Waals surface area contributed by atoms with E-state index in [-0.39, 0.29) is 11.4 Å². The van der Waals surface area contributed by atoms with Crippen molar-refractivity contribution in [2.24, 2.45) is 5.73 Å². The predicted molar refractivity (Wildman–Crippen MR) is 51.9 cm³/mol. The van der Waals surface area contributed by atoms with E-state index in [4.69, 9.17) is 10.8 Å². The third-order valence-electron chi connectivity index (χ3n) is 1.55. The molecule has 3 N–H and O–H groups in total. The van der Waals surface area contributed by atoms with E-state index in [1.165, 1.54) is 0 Å². The number of nitrogens with two attached hydrogens (primary N) is 1. The molecule has 0 aliphatic carbocycles. The second-order valence-corrected chi connectivity index (χ2v) is 5.55. The molecule has 1 atom stereocenters. The van der Waals surface area contributed by atoms with Gasteiger partial charge >= 0.3 is 0 Å². The number of aliphatic hydroxyl groups is 1. The second kappa shape index (κ2) is 5.01. The summed E-state index contributed by atoms with van der Waals surface area (Å²) in [6.07, 6.45) is 0.855. The van der Waals surface area contributed by atoms with Crippen molar-refractivity contribution in [3.05, 3.63) is 0 Å². The van der Waals surface area contributed by atoms with Crippen LogP contribution in [-0.4, -0.2) is 28.3 Å². The number of rotatable bonds is 5. The van der Waals surface area contributed by atoms with Crippen LogP contribution >= 0.6 is 11.8 Å². The minimum Gasteiger partial charge on any atom is -0.396 e. The van der Waals surface area contributed by atoms with Gasteiger partial charge in [0, 0.05) is 23.1 Å². The molecule has 0 saturated carbocycles. The summed E-state index contributed by atoms with van der Waals surface area (Å²) in [6.45, 7) is 7.34. The summed E-state index contributed by atoms with van der Waals surface area (Å²) in [5.74, 6) is 0. The standard InChI is InChI=1S/C8H19NOS/c1-7(4-5-10)11-8(2,3)6-9/h7,10H,4-6,9H2,1-3H3. The largest absolute Gasteiger partial charge is 0.396 e. The Morgan fingerprint density at radius 2 is 2.09 bits per heavy atom. The fourth-order valence-electron chi connectivity index (χ4n) is 0.833. The summed E-state index contributed by atoms with van der Waals surface area (Å²) >= 11 is 1.84. The fourth-order valence-corrected chi connectivity index (χ4v) is 2.24. The van der Waals surface area contributed by atoms with Crippen LogP contribution in [0.3, 0.4) is 0 Å². The van der Waals surface area contributed by atoms with Gasteiger partial charge in [0.15, 0.2) is 0 Å². The van der Waals surface area contributed by atoms with Gasteiger partial charge in [-0.2, -0.15) is 11.8 Å². The topological polar surface area (TPSA) is 46.2 Å². The Hall–Kier alpha value is 0.270. The molecule has 0 bridgehead atoms. The first-order chi connectivity index (χ1) is 5.02. The van der Waals surface area contributed by atoms with E-state index in [1.54, 1.807) is 0 Å². The van der Waals surface area contributed by atoms with Crippen LogP contribution in [0.15, 0.2) is 0 Å². The van der Waals surface area contributed by atoms with Crippen molar-refractivity contribution in [3.8, 4) is 0 Å². The minimum atomic E-state index is 0.147. The van der Waals surface area contributed by atoms with Crippen LogP contribution < -0.4 is 5.73 Å². The molecule has 0 heterocycles. The molecule has 0 amide bonds. The average molecular weight is 177 g/mol. The molecule has 0 spiro atoms. The zero-order valence-corrected chi connectivity index (χ0v) is 8.45. The molecule has 0 aromatic carbocycles. The highest BCUT2D eigenvalue weighted by atomic mass is 32.2. The van der Waals surface area contributed by atoms with Crippen LogP contribution in [0.1, 0.15) is 27.2 Å². The molecule has 0 fully saturated rings. The van der Waals surface area contributed by atoms with E-state index in [0.717, 1.165) is 6.42 Å². The van der Waals surface area contributed by atoms with Crippen molar-refractivity contribution in [1.29, 1.82) is 0 Å².